The molecular formula is C15H23NO. The molecule has 0 spiro atoms. The highest BCUT2D eigenvalue weighted by Gasteiger charge is 2.33. The van der Waals surface area contributed by atoms with Gasteiger partial charge in [0.05, 0.1) is 5.60 Å². The molecular weight excluding hydrogens is 210 g/mol. The molecule has 2 nitrogen and oxygen atoms in total. The summed E-state index contributed by atoms with van der Waals surface area (Å²) >= 11 is 0. The van der Waals surface area contributed by atoms with E-state index in [1.165, 1.54) is 6.42 Å². The summed E-state index contributed by atoms with van der Waals surface area (Å²) in [5.41, 5.74) is 1.02. The Morgan fingerprint density at radius 1 is 1.24 bits per heavy atom. The van der Waals surface area contributed by atoms with E-state index in [2.05, 4.69) is 24.9 Å². The summed E-state index contributed by atoms with van der Waals surface area (Å²) < 4.78 is 0. The van der Waals surface area contributed by atoms with Crippen LogP contribution in [0.5, 0.6) is 0 Å². The molecule has 1 aromatic heterocycles. The van der Waals surface area contributed by atoms with Crippen molar-refractivity contribution >= 4 is 0 Å². The fraction of sp³-hybridized carbons (Fsp3) is 0.667. The minimum atomic E-state index is -0.517. The van der Waals surface area contributed by atoms with Gasteiger partial charge >= 0.3 is 0 Å². The molecule has 1 fully saturated rings. The van der Waals surface area contributed by atoms with Crippen LogP contribution in [-0.4, -0.2) is 15.7 Å². The number of aromatic nitrogens is 1. The Balaban J connectivity index is 2.04. The van der Waals surface area contributed by atoms with E-state index in [1.54, 1.807) is 6.20 Å². The average Bonchev–Trinajstić information content (AvgIpc) is 2.40. The molecule has 2 heteroatoms. The largest absolute Gasteiger partial charge is 0.390 e. The monoisotopic (exact) mass is 233 g/mol. The van der Waals surface area contributed by atoms with Crippen LogP contribution >= 0.6 is 0 Å². The maximum atomic E-state index is 10.7. The molecule has 94 valence electrons. The second-order valence-electron chi connectivity index (χ2n) is 6.28. The van der Waals surface area contributed by atoms with Crippen LogP contribution in [0, 0.1) is 5.41 Å². The Labute approximate surface area is 104 Å². The zero-order valence-corrected chi connectivity index (χ0v) is 10.9. The van der Waals surface area contributed by atoms with Crippen LogP contribution in [0.25, 0.3) is 0 Å². The number of nitrogens with zero attached hydrogens (tertiary/aromatic N) is 1. The summed E-state index contributed by atoms with van der Waals surface area (Å²) in [6.45, 7) is 4.62. The minimum absolute atomic E-state index is 0.388. The molecule has 1 heterocycles. The van der Waals surface area contributed by atoms with Gasteiger partial charge in [-0.2, -0.15) is 0 Å². The van der Waals surface area contributed by atoms with Crippen molar-refractivity contribution in [2.45, 2.75) is 58.0 Å². The lowest BCUT2D eigenvalue weighted by molar-refractivity contribution is 0.0225. The number of aliphatic hydroxyl groups is 1. The predicted octanol–water partition coefficient (Wildman–Crippen LogP) is 3.35. The number of pyridine rings is 1. The Bertz CT molecular complexity index is 360. The Morgan fingerprint density at radius 3 is 2.76 bits per heavy atom. The van der Waals surface area contributed by atoms with Crippen molar-refractivity contribution in [2.24, 2.45) is 5.41 Å². The van der Waals surface area contributed by atoms with E-state index in [0.29, 0.717) is 5.41 Å². The van der Waals surface area contributed by atoms with Crippen LogP contribution in [0.15, 0.2) is 24.5 Å². The van der Waals surface area contributed by atoms with E-state index in [1.807, 2.05) is 12.3 Å². The van der Waals surface area contributed by atoms with Crippen molar-refractivity contribution in [1.29, 1.82) is 0 Å². The summed E-state index contributed by atoms with van der Waals surface area (Å²) in [5, 5.41) is 10.7. The molecule has 1 atom stereocenters. The quantitative estimate of drug-likeness (QED) is 0.795. The van der Waals surface area contributed by atoms with Crippen LogP contribution in [0.3, 0.4) is 0 Å². The first-order chi connectivity index (χ1) is 7.99. The molecule has 0 amide bonds. The third-order valence-corrected chi connectivity index (χ3v) is 4.02. The molecule has 0 aromatic carbocycles. The molecule has 1 N–H and O–H groups in total. The fourth-order valence-corrected chi connectivity index (χ4v) is 2.78. The maximum Gasteiger partial charge on any atom is 0.0688 e. The van der Waals surface area contributed by atoms with E-state index in [4.69, 9.17) is 0 Å². The maximum absolute atomic E-state index is 10.7. The van der Waals surface area contributed by atoms with E-state index in [9.17, 15) is 5.11 Å². The molecule has 1 aliphatic rings. The standard InChI is InChI=1S/C15H23NO/c1-14(2)6-4-7-15(17,9-8-14)11-13-5-3-10-16-12-13/h3,5,10,12,17H,4,6-9,11H2,1-2H3. The van der Waals surface area contributed by atoms with Gasteiger partial charge in [-0.25, -0.2) is 0 Å². The van der Waals surface area contributed by atoms with E-state index >= 15 is 0 Å². The lowest BCUT2D eigenvalue weighted by atomic mass is 9.83. The molecule has 0 saturated heterocycles. The SMILES string of the molecule is CC1(C)CCCC(O)(Cc2cccnc2)CC1. The highest BCUT2D eigenvalue weighted by molar-refractivity contribution is 5.12. The highest BCUT2D eigenvalue weighted by atomic mass is 16.3. The minimum Gasteiger partial charge on any atom is -0.390 e. The van der Waals surface area contributed by atoms with Crippen molar-refractivity contribution in [1.82, 2.24) is 4.98 Å². The second-order valence-corrected chi connectivity index (χ2v) is 6.28. The van der Waals surface area contributed by atoms with Crippen molar-refractivity contribution in [3.63, 3.8) is 0 Å². The van der Waals surface area contributed by atoms with Gasteiger partial charge in [0.1, 0.15) is 0 Å². The topological polar surface area (TPSA) is 33.1 Å². The molecule has 17 heavy (non-hydrogen) atoms. The van der Waals surface area contributed by atoms with Crippen molar-refractivity contribution in [3.8, 4) is 0 Å². The number of rotatable bonds is 2. The van der Waals surface area contributed by atoms with Crippen molar-refractivity contribution < 1.29 is 5.11 Å². The third-order valence-electron chi connectivity index (χ3n) is 4.02. The summed E-state index contributed by atoms with van der Waals surface area (Å²) in [7, 11) is 0. The average molecular weight is 233 g/mol. The molecule has 0 aliphatic heterocycles. The van der Waals surface area contributed by atoms with Crippen LogP contribution in [0.2, 0.25) is 0 Å². The van der Waals surface area contributed by atoms with Gasteiger partial charge in [0, 0.05) is 18.8 Å². The van der Waals surface area contributed by atoms with Gasteiger partial charge in [-0.1, -0.05) is 26.3 Å². The third kappa shape index (κ3) is 3.53. The molecule has 1 aromatic rings. The Hall–Kier alpha value is -0.890. The molecule has 1 unspecified atom stereocenters. The van der Waals surface area contributed by atoms with Gasteiger partial charge in [-0.15, -0.1) is 0 Å². The van der Waals surface area contributed by atoms with Gasteiger partial charge in [-0.05, 0) is 42.7 Å². The summed E-state index contributed by atoms with van der Waals surface area (Å²) in [6, 6.07) is 4.00. The lowest BCUT2D eigenvalue weighted by Crippen LogP contribution is -2.31. The van der Waals surface area contributed by atoms with Crippen molar-refractivity contribution in [2.75, 3.05) is 0 Å². The van der Waals surface area contributed by atoms with Gasteiger partial charge in [0.25, 0.3) is 0 Å². The van der Waals surface area contributed by atoms with E-state index in [-0.39, 0.29) is 0 Å². The summed E-state index contributed by atoms with van der Waals surface area (Å²) in [5.74, 6) is 0. The van der Waals surface area contributed by atoms with Gasteiger partial charge in [-0.3, -0.25) is 4.98 Å². The van der Waals surface area contributed by atoms with E-state index in [0.717, 1.165) is 37.7 Å². The van der Waals surface area contributed by atoms with Crippen LogP contribution in [0.1, 0.15) is 51.5 Å². The Morgan fingerprint density at radius 2 is 2.06 bits per heavy atom. The molecule has 2 rings (SSSR count). The summed E-state index contributed by atoms with van der Waals surface area (Å²) in [4.78, 5) is 4.12. The summed E-state index contributed by atoms with van der Waals surface area (Å²) in [6.07, 6.45) is 9.70. The van der Waals surface area contributed by atoms with Crippen LogP contribution < -0.4 is 0 Å². The first kappa shape index (κ1) is 12.6. The van der Waals surface area contributed by atoms with Gasteiger partial charge < -0.3 is 5.11 Å². The fourth-order valence-electron chi connectivity index (χ4n) is 2.78. The van der Waals surface area contributed by atoms with Crippen LogP contribution in [0.4, 0.5) is 0 Å². The predicted molar refractivity (Wildman–Crippen MR) is 69.8 cm³/mol. The zero-order valence-electron chi connectivity index (χ0n) is 10.9. The second kappa shape index (κ2) is 4.77. The van der Waals surface area contributed by atoms with Crippen LogP contribution in [-0.2, 0) is 6.42 Å². The first-order valence-electron chi connectivity index (χ1n) is 6.61. The van der Waals surface area contributed by atoms with Crippen molar-refractivity contribution in [3.05, 3.63) is 30.1 Å². The number of hydrogen-bond donors (Lipinski definition) is 1. The number of hydrogen-bond acceptors (Lipinski definition) is 2. The lowest BCUT2D eigenvalue weighted by Gasteiger charge is -2.28. The highest BCUT2D eigenvalue weighted by Crippen LogP contribution is 2.39. The molecule has 0 bridgehead atoms. The smallest absolute Gasteiger partial charge is 0.0688 e. The molecule has 1 aliphatic carbocycles. The van der Waals surface area contributed by atoms with Gasteiger partial charge in [0.15, 0.2) is 0 Å². The first-order valence-corrected chi connectivity index (χ1v) is 6.61. The Kier molecular flexibility index (Phi) is 3.53. The zero-order chi connectivity index (χ0) is 12.4. The molecule has 0 radical (unpaired) electrons. The van der Waals surface area contributed by atoms with E-state index < -0.39 is 5.60 Å². The molecule has 1 saturated carbocycles. The van der Waals surface area contributed by atoms with Gasteiger partial charge in [0.2, 0.25) is 0 Å². The normalized spacial score (nSPS) is 28.6.